The van der Waals surface area contributed by atoms with Crippen LogP contribution < -0.4 is 11.1 Å². The average molecular weight is 354 g/mol. The molecular formula is C14H10BrClN2O2. The molecule has 0 aliphatic rings. The molecule has 3 N–H and O–H groups in total. The molecule has 2 rings (SSSR count). The third-order valence-corrected chi connectivity index (χ3v) is 3.51. The molecule has 0 saturated heterocycles. The fraction of sp³-hybridized carbons (Fsp3) is 0. The molecule has 0 aromatic heterocycles. The van der Waals surface area contributed by atoms with Gasteiger partial charge in [0, 0.05) is 20.6 Å². The van der Waals surface area contributed by atoms with Crippen molar-refractivity contribution >= 4 is 45.0 Å². The quantitative estimate of drug-likeness (QED) is 0.887. The van der Waals surface area contributed by atoms with Gasteiger partial charge >= 0.3 is 0 Å². The van der Waals surface area contributed by atoms with Crippen LogP contribution in [0.4, 0.5) is 5.69 Å². The van der Waals surface area contributed by atoms with Gasteiger partial charge < -0.3 is 11.1 Å². The second-order valence-corrected chi connectivity index (χ2v) is 5.31. The monoisotopic (exact) mass is 352 g/mol. The van der Waals surface area contributed by atoms with Gasteiger partial charge in [0.2, 0.25) is 5.91 Å². The fourth-order valence-corrected chi connectivity index (χ4v) is 2.12. The van der Waals surface area contributed by atoms with E-state index in [4.69, 9.17) is 17.3 Å². The van der Waals surface area contributed by atoms with Crippen LogP contribution in [0.3, 0.4) is 0 Å². The van der Waals surface area contributed by atoms with Crippen molar-refractivity contribution in [3.8, 4) is 0 Å². The van der Waals surface area contributed by atoms with Crippen molar-refractivity contribution in [3.63, 3.8) is 0 Å². The lowest BCUT2D eigenvalue weighted by molar-refractivity contribution is 0.1000. The van der Waals surface area contributed by atoms with E-state index < -0.39 is 5.91 Å². The van der Waals surface area contributed by atoms with E-state index in [-0.39, 0.29) is 11.5 Å². The molecule has 0 bridgehead atoms. The van der Waals surface area contributed by atoms with Crippen molar-refractivity contribution < 1.29 is 9.59 Å². The standard InChI is InChI=1S/C14H10BrClN2O2/c15-11-5-4-10(16)7-12(11)18-14(20)9-3-1-2-8(6-9)13(17)19/h1-7H,(H2,17,19)(H,18,20). The molecule has 0 aliphatic heterocycles. The van der Waals surface area contributed by atoms with Crippen LogP contribution in [0.2, 0.25) is 5.02 Å². The molecule has 4 nitrogen and oxygen atoms in total. The highest BCUT2D eigenvalue weighted by atomic mass is 79.9. The maximum absolute atomic E-state index is 12.1. The highest BCUT2D eigenvalue weighted by Crippen LogP contribution is 2.26. The molecule has 2 amide bonds. The molecule has 0 unspecified atom stereocenters. The first-order chi connectivity index (χ1) is 9.47. The van der Waals surface area contributed by atoms with Crippen LogP contribution in [0, 0.1) is 0 Å². The Hall–Kier alpha value is -1.85. The first-order valence-corrected chi connectivity index (χ1v) is 6.81. The summed E-state index contributed by atoms with van der Waals surface area (Å²) in [6.45, 7) is 0. The van der Waals surface area contributed by atoms with Gasteiger partial charge in [-0.2, -0.15) is 0 Å². The first-order valence-electron chi connectivity index (χ1n) is 5.63. The van der Waals surface area contributed by atoms with Crippen LogP contribution in [-0.2, 0) is 0 Å². The number of nitrogens with one attached hydrogen (secondary N) is 1. The zero-order chi connectivity index (χ0) is 14.7. The number of rotatable bonds is 3. The summed E-state index contributed by atoms with van der Waals surface area (Å²) in [6.07, 6.45) is 0. The Balaban J connectivity index is 2.26. The minimum Gasteiger partial charge on any atom is -0.366 e. The molecule has 0 fully saturated rings. The summed E-state index contributed by atoms with van der Waals surface area (Å²) in [5.41, 5.74) is 6.35. The Bertz CT molecular complexity index is 689. The van der Waals surface area contributed by atoms with E-state index in [1.807, 2.05) is 0 Å². The second kappa shape index (κ2) is 6.07. The lowest BCUT2D eigenvalue weighted by atomic mass is 10.1. The third-order valence-electron chi connectivity index (χ3n) is 2.59. The molecule has 0 saturated carbocycles. The van der Waals surface area contributed by atoms with E-state index in [1.165, 1.54) is 6.07 Å². The number of nitrogens with two attached hydrogens (primary N) is 1. The number of carbonyl (C=O) groups is 2. The lowest BCUT2D eigenvalue weighted by Gasteiger charge is -2.08. The summed E-state index contributed by atoms with van der Waals surface area (Å²) in [7, 11) is 0. The Labute approximate surface area is 129 Å². The predicted molar refractivity (Wildman–Crippen MR) is 82.1 cm³/mol. The topological polar surface area (TPSA) is 72.2 Å². The number of hydrogen-bond acceptors (Lipinski definition) is 2. The van der Waals surface area contributed by atoms with Crippen LogP contribution in [0.1, 0.15) is 20.7 Å². The van der Waals surface area contributed by atoms with Crippen molar-refractivity contribution in [3.05, 3.63) is 63.1 Å². The number of halogens is 2. The Kier molecular flexibility index (Phi) is 4.42. The number of primary amides is 1. The largest absolute Gasteiger partial charge is 0.366 e. The van der Waals surface area contributed by atoms with Crippen molar-refractivity contribution in [2.45, 2.75) is 0 Å². The highest BCUT2D eigenvalue weighted by Gasteiger charge is 2.10. The van der Waals surface area contributed by atoms with Crippen molar-refractivity contribution in [2.24, 2.45) is 5.73 Å². The van der Waals surface area contributed by atoms with Gasteiger partial charge in [-0.25, -0.2) is 0 Å². The minimum atomic E-state index is -0.580. The molecule has 2 aromatic carbocycles. The van der Waals surface area contributed by atoms with Gasteiger partial charge in [-0.1, -0.05) is 17.7 Å². The normalized spacial score (nSPS) is 10.1. The summed E-state index contributed by atoms with van der Waals surface area (Å²) in [5.74, 6) is -0.931. The summed E-state index contributed by atoms with van der Waals surface area (Å²) in [6, 6.07) is 11.3. The number of carbonyl (C=O) groups excluding carboxylic acids is 2. The Morgan fingerprint density at radius 3 is 2.50 bits per heavy atom. The Morgan fingerprint density at radius 1 is 1.10 bits per heavy atom. The number of benzene rings is 2. The smallest absolute Gasteiger partial charge is 0.255 e. The molecule has 102 valence electrons. The van der Waals surface area contributed by atoms with E-state index in [2.05, 4.69) is 21.2 Å². The van der Waals surface area contributed by atoms with Crippen LogP contribution in [0.15, 0.2) is 46.9 Å². The van der Waals surface area contributed by atoms with Crippen LogP contribution in [-0.4, -0.2) is 11.8 Å². The maximum atomic E-state index is 12.1. The van der Waals surface area contributed by atoms with Crippen molar-refractivity contribution in [2.75, 3.05) is 5.32 Å². The van der Waals surface area contributed by atoms with Gasteiger partial charge in [0.05, 0.1) is 5.69 Å². The predicted octanol–water partition coefficient (Wildman–Crippen LogP) is 3.45. The van der Waals surface area contributed by atoms with Gasteiger partial charge in [0.25, 0.3) is 5.91 Å². The van der Waals surface area contributed by atoms with Crippen LogP contribution >= 0.6 is 27.5 Å². The van der Waals surface area contributed by atoms with Crippen molar-refractivity contribution in [1.29, 1.82) is 0 Å². The van der Waals surface area contributed by atoms with E-state index in [1.54, 1.807) is 36.4 Å². The first kappa shape index (κ1) is 14.6. The molecule has 0 aliphatic carbocycles. The molecular weight excluding hydrogens is 344 g/mol. The number of anilines is 1. The van der Waals surface area contributed by atoms with Gasteiger partial charge in [-0.05, 0) is 52.3 Å². The maximum Gasteiger partial charge on any atom is 0.255 e. The molecule has 0 radical (unpaired) electrons. The van der Waals surface area contributed by atoms with E-state index in [0.29, 0.717) is 20.7 Å². The minimum absolute atomic E-state index is 0.280. The fourth-order valence-electron chi connectivity index (χ4n) is 1.60. The van der Waals surface area contributed by atoms with Crippen LogP contribution in [0.5, 0.6) is 0 Å². The van der Waals surface area contributed by atoms with Crippen molar-refractivity contribution in [1.82, 2.24) is 0 Å². The van der Waals surface area contributed by atoms with E-state index in [0.717, 1.165) is 0 Å². The zero-order valence-electron chi connectivity index (χ0n) is 10.2. The summed E-state index contributed by atoms with van der Waals surface area (Å²) in [4.78, 5) is 23.2. The molecule has 6 heteroatoms. The van der Waals surface area contributed by atoms with E-state index in [9.17, 15) is 9.59 Å². The second-order valence-electron chi connectivity index (χ2n) is 4.02. The molecule has 2 aromatic rings. The Morgan fingerprint density at radius 2 is 1.80 bits per heavy atom. The SMILES string of the molecule is NC(=O)c1cccc(C(=O)Nc2cc(Cl)ccc2Br)c1. The molecule has 0 heterocycles. The molecule has 0 spiro atoms. The summed E-state index contributed by atoms with van der Waals surface area (Å²) >= 11 is 9.20. The lowest BCUT2D eigenvalue weighted by Crippen LogP contribution is -2.15. The highest BCUT2D eigenvalue weighted by molar-refractivity contribution is 9.10. The number of hydrogen-bond donors (Lipinski definition) is 2. The van der Waals surface area contributed by atoms with E-state index >= 15 is 0 Å². The molecule has 0 atom stereocenters. The average Bonchev–Trinajstić information content (AvgIpc) is 2.43. The summed E-state index contributed by atoms with van der Waals surface area (Å²) < 4.78 is 0.710. The van der Waals surface area contributed by atoms with Gasteiger partial charge in [-0.15, -0.1) is 0 Å². The van der Waals surface area contributed by atoms with Crippen LogP contribution in [0.25, 0.3) is 0 Å². The van der Waals surface area contributed by atoms with Gasteiger partial charge in [-0.3, -0.25) is 9.59 Å². The molecule has 20 heavy (non-hydrogen) atoms. The third kappa shape index (κ3) is 3.37. The zero-order valence-corrected chi connectivity index (χ0v) is 12.5. The number of amides is 2. The summed E-state index contributed by atoms with van der Waals surface area (Å²) in [5, 5.41) is 3.22. The van der Waals surface area contributed by atoms with Gasteiger partial charge in [0.1, 0.15) is 0 Å². The van der Waals surface area contributed by atoms with Gasteiger partial charge in [0.15, 0.2) is 0 Å².